The lowest BCUT2D eigenvalue weighted by atomic mass is 10.1. The zero-order valence-corrected chi connectivity index (χ0v) is 11.3. The average molecular weight is 251 g/mol. The molecule has 0 bridgehead atoms. The number of hydrogen-bond acceptors (Lipinski definition) is 3. The SMILES string of the molecule is CCCNC(=O)CCc1ccc(OC)c(OC)c1. The van der Waals surface area contributed by atoms with Gasteiger partial charge in [-0.05, 0) is 30.5 Å². The molecule has 0 aliphatic rings. The van der Waals surface area contributed by atoms with E-state index >= 15 is 0 Å². The monoisotopic (exact) mass is 251 g/mol. The Balaban J connectivity index is 2.55. The molecule has 1 aromatic carbocycles. The summed E-state index contributed by atoms with van der Waals surface area (Å²) in [5.41, 5.74) is 1.07. The topological polar surface area (TPSA) is 47.6 Å². The Morgan fingerprint density at radius 3 is 2.56 bits per heavy atom. The molecule has 1 aromatic rings. The summed E-state index contributed by atoms with van der Waals surface area (Å²) in [6.45, 7) is 2.78. The molecule has 0 atom stereocenters. The van der Waals surface area contributed by atoms with Crippen LogP contribution < -0.4 is 14.8 Å². The number of amides is 1. The van der Waals surface area contributed by atoms with E-state index in [2.05, 4.69) is 5.32 Å². The summed E-state index contributed by atoms with van der Waals surface area (Å²) < 4.78 is 10.4. The van der Waals surface area contributed by atoms with E-state index in [0.29, 0.717) is 24.3 Å². The fourth-order valence-electron chi connectivity index (χ4n) is 1.65. The van der Waals surface area contributed by atoms with Crippen molar-refractivity contribution in [2.75, 3.05) is 20.8 Å². The van der Waals surface area contributed by atoms with Crippen molar-refractivity contribution >= 4 is 5.91 Å². The molecule has 0 aliphatic heterocycles. The van der Waals surface area contributed by atoms with Gasteiger partial charge in [0, 0.05) is 13.0 Å². The number of methoxy groups -OCH3 is 2. The minimum atomic E-state index is 0.0895. The van der Waals surface area contributed by atoms with Crippen molar-refractivity contribution in [2.45, 2.75) is 26.2 Å². The molecule has 0 saturated carbocycles. The number of hydrogen-bond donors (Lipinski definition) is 1. The molecule has 1 amide bonds. The lowest BCUT2D eigenvalue weighted by molar-refractivity contribution is -0.121. The van der Waals surface area contributed by atoms with Crippen molar-refractivity contribution in [3.8, 4) is 11.5 Å². The van der Waals surface area contributed by atoms with E-state index in [0.717, 1.165) is 18.5 Å². The Morgan fingerprint density at radius 2 is 1.94 bits per heavy atom. The zero-order valence-electron chi connectivity index (χ0n) is 11.3. The third kappa shape index (κ3) is 4.28. The summed E-state index contributed by atoms with van der Waals surface area (Å²) >= 11 is 0. The molecule has 4 heteroatoms. The maximum Gasteiger partial charge on any atom is 0.220 e. The van der Waals surface area contributed by atoms with Gasteiger partial charge in [-0.25, -0.2) is 0 Å². The van der Waals surface area contributed by atoms with E-state index in [4.69, 9.17) is 9.47 Å². The van der Waals surface area contributed by atoms with Crippen molar-refractivity contribution in [3.63, 3.8) is 0 Å². The van der Waals surface area contributed by atoms with Crippen LogP contribution in [-0.4, -0.2) is 26.7 Å². The second-order valence-corrected chi connectivity index (χ2v) is 4.04. The van der Waals surface area contributed by atoms with Crippen molar-refractivity contribution < 1.29 is 14.3 Å². The average Bonchev–Trinajstić information content (AvgIpc) is 2.42. The van der Waals surface area contributed by atoms with Gasteiger partial charge in [0.25, 0.3) is 0 Å². The first-order chi connectivity index (χ1) is 8.71. The van der Waals surface area contributed by atoms with Crippen molar-refractivity contribution in [2.24, 2.45) is 0 Å². The van der Waals surface area contributed by atoms with Gasteiger partial charge < -0.3 is 14.8 Å². The molecule has 1 N–H and O–H groups in total. The Kier molecular flexibility index (Phi) is 6.05. The van der Waals surface area contributed by atoms with Crippen LogP contribution >= 0.6 is 0 Å². The minimum absolute atomic E-state index is 0.0895. The highest BCUT2D eigenvalue weighted by Crippen LogP contribution is 2.27. The quantitative estimate of drug-likeness (QED) is 0.808. The molecule has 0 aliphatic carbocycles. The molecule has 4 nitrogen and oxygen atoms in total. The summed E-state index contributed by atoms with van der Waals surface area (Å²) in [4.78, 5) is 11.5. The van der Waals surface area contributed by atoms with Crippen LogP contribution in [0.3, 0.4) is 0 Å². The third-order valence-corrected chi connectivity index (χ3v) is 2.66. The first-order valence-electron chi connectivity index (χ1n) is 6.18. The standard InChI is InChI=1S/C14H21NO3/c1-4-9-15-14(16)8-6-11-5-7-12(17-2)13(10-11)18-3/h5,7,10H,4,6,8-9H2,1-3H3,(H,15,16). The van der Waals surface area contributed by atoms with E-state index in [1.165, 1.54) is 0 Å². The number of ether oxygens (including phenoxy) is 2. The first-order valence-corrected chi connectivity index (χ1v) is 6.18. The molecule has 1 rings (SSSR count). The van der Waals surface area contributed by atoms with Crippen LogP contribution in [-0.2, 0) is 11.2 Å². The van der Waals surface area contributed by atoms with E-state index in [1.807, 2.05) is 25.1 Å². The van der Waals surface area contributed by atoms with Crippen LogP contribution in [0.4, 0.5) is 0 Å². The lowest BCUT2D eigenvalue weighted by Gasteiger charge is -2.09. The van der Waals surface area contributed by atoms with E-state index in [-0.39, 0.29) is 5.91 Å². The predicted octanol–water partition coefficient (Wildman–Crippen LogP) is 2.16. The predicted molar refractivity (Wildman–Crippen MR) is 71.2 cm³/mol. The van der Waals surface area contributed by atoms with Crippen LogP contribution in [0.2, 0.25) is 0 Å². The highest BCUT2D eigenvalue weighted by atomic mass is 16.5. The second kappa shape index (κ2) is 7.58. The molecule has 0 fully saturated rings. The largest absolute Gasteiger partial charge is 0.493 e. The lowest BCUT2D eigenvalue weighted by Crippen LogP contribution is -2.24. The van der Waals surface area contributed by atoms with Gasteiger partial charge in [-0.3, -0.25) is 4.79 Å². The summed E-state index contributed by atoms with van der Waals surface area (Å²) in [7, 11) is 3.21. The van der Waals surface area contributed by atoms with Crippen LogP contribution in [0.5, 0.6) is 11.5 Å². The summed E-state index contributed by atoms with van der Waals surface area (Å²) in [6, 6.07) is 5.72. The Bertz CT molecular complexity index is 391. The van der Waals surface area contributed by atoms with Gasteiger partial charge >= 0.3 is 0 Å². The number of benzene rings is 1. The number of rotatable bonds is 7. The number of carbonyl (C=O) groups is 1. The molecule has 0 heterocycles. The number of aryl methyl sites for hydroxylation is 1. The van der Waals surface area contributed by atoms with Gasteiger partial charge in [0.1, 0.15) is 0 Å². The van der Waals surface area contributed by atoms with Gasteiger partial charge in [-0.2, -0.15) is 0 Å². The van der Waals surface area contributed by atoms with Crippen molar-refractivity contribution in [1.29, 1.82) is 0 Å². The van der Waals surface area contributed by atoms with Gasteiger partial charge in [0.15, 0.2) is 11.5 Å². The van der Waals surface area contributed by atoms with Crippen molar-refractivity contribution in [3.05, 3.63) is 23.8 Å². The second-order valence-electron chi connectivity index (χ2n) is 4.04. The van der Waals surface area contributed by atoms with Gasteiger partial charge in [-0.15, -0.1) is 0 Å². The summed E-state index contributed by atoms with van der Waals surface area (Å²) in [5, 5.41) is 2.86. The molecule has 0 aromatic heterocycles. The number of nitrogens with one attached hydrogen (secondary N) is 1. The van der Waals surface area contributed by atoms with Crippen LogP contribution in [0, 0.1) is 0 Å². The molecule has 100 valence electrons. The molecular weight excluding hydrogens is 230 g/mol. The number of carbonyl (C=O) groups excluding carboxylic acids is 1. The maximum atomic E-state index is 11.5. The van der Waals surface area contributed by atoms with Gasteiger partial charge in [0.2, 0.25) is 5.91 Å². The summed E-state index contributed by atoms with van der Waals surface area (Å²) in [6.07, 6.45) is 2.16. The van der Waals surface area contributed by atoms with Gasteiger partial charge in [-0.1, -0.05) is 13.0 Å². The maximum absolute atomic E-state index is 11.5. The van der Waals surface area contributed by atoms with E-state index in [9.17, 15) is 4.79 Å². The van der Waals surface area contributed by atoms with Crippen LogP contribution in [0.25, 0.3) is 0 Å². The Labute approximate surface area is 108 Å². The minimum Gasteiger partial charge on any atom is -0.493 e. The molecule has 0 unspecified atom stereocenters. The summed E-state index contributed by atoms with van der Waals surface area (Å²) in [5.74, 6) is 1.49. The Morgan fingerprint density at radius 1 is 1.22 bits per heavy atom. The zero-order chi connectivity index (χ0) is 13.4. The van der Waals surface area contributed by atoms with Crippen molar-refractivity contribution in [1.82, 2.24) is 5.32 Å². The molecule has 0 radical (unpaired) electrons. The van der Waals surface area contributed by atoms with Gasteiger partial charge in [0.05, 0.1) is 14.2 Å². The first kappa shape index (κ1) is 14.4. The van der Waals surface area contributed by atoms with E-state index < -0.39 is 0 Å². The molecule has 18 heavy (non-hydrogen) atoms. The Hall–Kier alpha value is -1.71. The highest BCUT2D eigenvalue weighted by Gasteiger charge is 2.06. The highest BCUT2D eigenvalue weighted by molar-refractivity contribution is 5.76. The smallest absolute Gasteiger partial charge is 0.220 e. The normalized spacial score (nSPS) is 9.94. The van der Waals surface area contributed by atoms with Crippen LogP contribution in [0.15, 0.2) is 18.2 Å². The fraction of sp³-hybridized carbons (Fsp3) is 0.500. The molecular formula is C14H21NO3. The molecule has 0 spiro atoms. The fourth-order valence-corrected chi connectivity index (χ4v) is 1.65. The van der Waals surface area contributed by atoms with Crippen LogP contribution in [0.1, 0.15) is 25.3 Å². The third-order valence-electron chi connectivity index (χ3n) is 2.66. The van der Waals surface area contributed by atoms with E-state index in [1.54, 1.807) is 14.2 Å². The molecule has 0 saturated heterocycles.